The first-order chi connectivity index (χ1) is 7.74. The van der Waals surface area contributed by atoms with Gasteiger partial charge in [0.05, 0.1) is 5.60 Å². The van der Waals surface area contributed by atoms with Gasteiger partial charge in [0.15, 0.2) is 0 Å². The van der Waals surface area contributed by atoms with Crippen LogP contribution in [-0.2, 0) is 9.47 Å². The Morgan fingerprint density at radius 3 is 2.81 bits per heavy atom. The van der Waals surface area contributed by atoms with Crippen molar-refractivity contribution in [3.63, 3.8) is 0 Å². The van der Waals surface area contributed by atoms with Crippen LogP contribution < -0.4 is 5.32 Å². The fourth-order valence-electron chi connectivity index (χ4n) is 1.80. The van der Waals surface area contributed by atoms with Crippen LogP contribution in [0.15, 0.2) is 0 Å². The molecular formula is C10H17N3O2S. The number of hydrogen-bond donors (Lipinski definition) is 1. The third kappa shape index (κ3) is 2.69. The highest BCUT2D eigenvalue weighted by Gasteiger charge is 2.32. The predicted octanol–water partition coefficient (Wildman–Crippen LogP) is 1.45. The molecule has 0 atom stereocenters. The Morgan fingerprint density at radius 2 is 2.25 bits per heavy atom. The van der Waals surface area contributed by atoms with Crippen LogP contribution in [0.2, 0.25) is 0 Å². The second-order valence-electron chi connectivity index (χ2n) is 4.00. The average molecular weight is 243 g/mol. The van der Waals surface area contributed by atoms with Crippen molar-refractivity contribution in [3.8, 4) is 0 Å². The van der Waals surface area contributed by atoms with Crippen molar-refractivity contribution in [2.45, 2.75) is 25.4 Å². The molecule has 0 aliphatic carbocycles. The maximum absolute atomic E-state index is 5.62. The Morgan fingerprint density at radius 1 is 1.50 bits per heavy atom. The van der Waals surface area contributed by atoms with Crippen LogP contribution in [0.4, 0.5) is 5.13 Å². The summed E-state index contributed by atoms with van der Waals surface area (Å²) in [6, 6.07) is 0. The fraction of sp³-hybridized carbons (Fsp3) is 0.800. The summed E-state index contributed by atoms with van der Waals surface area (Å²) in [5, 5.41) is 4.15. The number of anilines is 1. The molecule has 0 amide bonds. The molecule has 1 N–H and O–H groups in total. The van der Waals surface area contributed by atoms with Crippen LogP contribution in [0.3, 0.4) is 0 Å². The first kappa shape index (κ1) is 11.8. The second-order valence-corrected chi connectivity index (χ2v) is 4.75. The number of methoxy groups -OCH3 is 1. The van der Waals surface area contributed by atoms with Crippen molar-refractivity contribution < 1.29 is 9.47 Å². The molecule has 0 radical (unpaired) electrons. The van der Waals surface area contributed by atoms with E-state index in [9.17, 15) is 0 Å². The van der Waals surface area contributed by atoms with E-state index in [0.717, 1.165) is 43.6 Å². The van der Waals surface area contributed by atoms with Gasteiger partial charge in [-0.05, 0) is 6.92 Å². The number of nitrogens with zero attached hydrogens (tertiary/aromatic N) is 2. The molecule has 0 spiro atoms. The molecule has 1 aromatic rings. The lowest BCUT2D eigenvalue weighted by molar-refractivity contribution is -0.0807. The topological polar surface area (TPSA) is 56.3 Å². The lowest BCUT2D eigenvalue weighted by Crippen LogP contribution is -2.44. The molecule has 1 aliphatic rings. The minimum atomic E-state index is -0.113. The van der Waals surface area contributed by atoms with Crippen LogP contribution in [0, 0.1) is 6.92 Å². The highest BCUT2D eigenvalue weighted by molar-refractivity contribution is 7.09. The molecule has 2 rings (SSSR count). The predicted molar refractivity (Wildman–Crippen MR) is 62.9 cm³/mol. The minimum absolute atomic E-state index is 0.113. The highest BCUT2D eigenvalue weighted by Crippen LogP contribution is 2.25. The number of hydrogen-bond acceptors (Lipinski definition) is 6. The molecule has 1 aromatic heterocycles. The molecule has 2 heterocycles. The van der Waals surface area contributed by atoms with E-state index >= 15 is 0 Å². The summed E-state index contributed by atoms with van der Waals surface area (Å²) in [4.78, 5) is 4.27. The summed E-state index contributed by atoms with van der Waals surface area (Å²) >= 11 is 1.39. The zero-order valence-electron chi connectivity index (χ0n) is 9.65. The van der Waals surface area contributed by atoms with Crippen LogP contribution >= 0.6 is 11.5 Å². The van der Waals surface area contributed by atoms with Crippen molar-refractivity contribution in [1.82, 2.24) is 9.36 Å². The Bertz CT molecular complexity index is 337. The van der Waals surface area contributed by atoms with Gasteiger partial charge in [0, 0.05) is 51.2 Å². The molecule has 1 saturated heterocycles. The summed E-state index contributed by atoms with van der Waals surface area (Å²) in [6.07, 6.45) is 1.85. The summed E-state index contributed by atoms with van der Waals surface area (Å²) in [6.45, 7) is 4.19. The van der Waals surface area contributed by atoms with Crippen LogP contribution in [0.1, 0.15) is 18.7 Å². The van der Waals surface area contributed by atoms with Crippen LogP contribution in [0.25, 0.3) is 0 Å². The molecule has 5 nitrogen and oxygen atoms in total. The second kappa shape index (κ2) is 5.07. The maximum Gasteiger partial charge on any atom is 0.202 e. The lowest BCUT2D eigenvalue weighted by Gasteiger charge is -2.35. The minimum Gasteiger partial charge on any atom is -0.381 e. The van der Waals surface area contributed by atoms with Gasteiger partial charge in [0.1, 0.15) is 5.82 Å². The highest BCUT2D eigenvalue weighted by atomic mass is 32.1. The van der Waals surface area contributed by atoms with Gasteiger partial charge < -0.3 is 14.8 Å². The molecule has 16 heavy (non-hydrogen) atoms. The van der Waals surface area contributed by atoms with Gasteiger partial charge in [-0.15, -0.1) is 0 Å². The average Bonchev–Trinajstić information content (AvgIpc) is 2.74. The monoisotopic (exact) mass is 243 g/mol. The van der Waals surface area contributed by atoms with E-state index in [1.54, 1.807) is 7.11 Å². The SMILES string of the molecule is COC1(CNc2nc(C)ns2)CCOCC1. The third-order valence-electron chi connectivity index (χ3n) is 2.93. The number of ether oxygens (including phenoxy) is 2. The van der Waals surface area contributed by atoms with Gasteiger partial charge in [-0.3, -0.25) is 0 Å². The van der Waals surface area contributed by atoms with Gasteiger partial charge in [0.2, 0.25) is 5.13 Å². The van der Waals surface area contributed by atoms with Crippen molar-refractivity contribution in [2.75, 3.05) is 32.2 Å². The molecule has 1 fully saturated rings. The van der Waals surface area contributed by atoms with Crippen molar-refractivity contribution in [3.05, 3.63) is 5.82 Å². The number of nitrogens with one attached hydrogen (secondary N) is 1. The first-order valence-corrected chi connectivity index (χ1v) is 6.18. The van der Waals surface area contributed by atoms with Gasteiger partial charge >= 0.3 is 0 Å². The van der Waals surface area contributed by atoms with Crippen molar-refractivity contribution in [1.29, 1.82) is 0 Å². The summed E-state index contributed by atoms with van der Waals surface area (Å²) in [5.74, 6) is 0.811. The first-order valence-electron chi connectivity index (χ1n) is 5.41. The van der Waals surface area contributed by atoms with Crippen molar-refractivity contribution >= 4 is 16.7 Å². The van der Waals surface area contributed by atoms with Gasteiger partial charge in [-0.25, -0.2) is 4.98 Å². The zero-order chi connectivity index (χ0) is 11.4. The Kier molecular flexibility index (Phi) is 3.73. The van der Waals surface area contributed by atoms with E-state index in [1.165, 1.54) is 11.5 Å². The summed E-state index contributed by atoms with van der Waals surface area (Å²) < 4.78 is 15.1. The van der Waals surface area contributed by atoms with E-state index in [4.69, 9.17) is 9.47 Å². The lowest BCUT2D eigenvalue weighted by atomic mass is 9.94. The normalized spacial score (nSPS) is 19.6. The molecule has 1 aliphatic heterocycles. The Balaban J connectivity index is 1.91. The summed E-state index contributed by atoms with van der Waals surface area (Å²) in [7, 11) is 1.76. The van der Waals surface area contributed by atoms with Crippen molar-refractivity contribution in [2.24, 2.45) is 0 Å². The van der Waals surface area contributed by atoms with Gasteiger partial charge in [0.25, 0.3) is 0 Å². The smallest absolute Gasteiger partial charge is 0.202 e. The third-order valence-corrected chi connectivity index (χ3v) is 3.69. The molecule has 0 bridgehead atoms. The molecule has 0 aromatic carbocycles. The van der Waals surface area contributed by atoms with E-state index in [0.29, 0.717) is 0 Å². The van der Waals surface area contributed by atoms with E-state index in [-0.39, 0.29) is 5.60 Å². The van der Waals surface area contributed by atoms with Crippen LogP contribution in [0.5, 0.6) is 0 Å². The standard InChI is InChI=1S/C10H17N3O2S/c1-8-12-9(16-13-8)11-7-10(14-2)3-5-15-6-4-10/h3-7H2,1-2H3,(H,11,12,13). The largest absolute Gasteiger partial charge is 0.381 e. The zero-order valence-corrected chi connectivity index (χ0v) is 10.5. The van der Waals surface area contributed by atoms with E-state index in [2.05, 4.69) is 14.7 Å². The van der Waals surface area contributed by atoms with Crippen LogP contribution in [-0.4, -0.2) is 41.8 Å². The Hall–Kier alpha value is -0.720. The molecule has 90 valence electrons. The quantitative estimate of drug-likeness (QED) is 0.867. The fourth-order valence-corrected chi connectivity index (χ4v) is 2.37. The van der Waals surface area contributed by atoms with Gasteiger partial charge in [-0.2, -0.15) is 4.37 Å². The molecule has 0 unspecified atom stereocenters. The number of rotatable bonds is 4. The molecule has 6 heteroatoms. The summed E-state index contributed by atoms with van der Waals surface area (Å²) in [5.41, 5.74) is -0.113. The number of aromatic nitrogens is 2. The number of aryl methyl sites for hydroxylation is 1. The van der Waals surface area contributed by atoms with E-state index < -0.39 is 0 Å². The molecule has 0 saturated carbocycles. The van der Waals surface area contributed by atoms with Gasteiger partial charge in [-0.1, -0.05) is 0 Å². The Labute approximate surface area is 99.3 Å². The maximum atomic E-state index is 5.62. The van der Waals surface area contributed by atoms with E-state index in [1.807, 2.05) is 6.92 Å². The molecular weight excluding hydrogens is 226 g/mol.